The number of nitrogen functional groups attached to an aromatic ring is 1. The molecule has 0 bridgehead atoms. The topological polar surface area (TPSA) is 171 Å². The number of ether oxygens (including phenoxy) is 2. The van der Waals surface area contributed by atoms with Gasteiger partial charge in [-0.2, -0.15) is 5.10 Å². The van der Waals surface area contributed by atoms with E-state index in [1.807, 2.05) is 0 Å². The Labute approximate surface area is 268 Å². The first kappa shape index (κ1) is 37.8. The molecule has 0 aromatic carbocycles. The average Bonchev–Trinajstić information content (AvgIpc) is 3.56. The fourth-order valence-corrected chi connectivity index (χ4v) is 6.62. The SMILES string of the molecule is CCCCCCCCCCCCCCCCOCCCCOP(=O)(O)OCC1O[C@@](C)(c2ccc3c(N)ncnn23)[C@H](O)[C@@H]1O. The van der Waals surface area contributed by atoms with Crippen LogP contribution in [-0.2, 0) is 28.7 Å². The number of phosphoric acid groups is 1. The summed E-state index contributed by atoms with van der Waals surface area (Å²) in [4.78, 5) is 14.1. The zero-order valence-electron chi connectivity index (χ0n) is 27.4. The van der Waals surface area contributed by atoms with Crippen molar-refractivity contribution in [2.45, 2.75) is 140 Å². The van der Waals surface area contributed by atoms with Crippen molar-refractivity contribution >= 4 is 19.2 Å². The van der Waals surface area contributed by atoms with E-state index in [1.54, 1.807) is 19.1 Å². The number of hydrogen-bond donors (Lipinski definition) is 4. The normalized spacial score (nSPS) is 23.2. The van der Waals surface area contributed by atoms with Crippen LogP contribution < -0.4 is 5.73 Å². The van der Waals surface area contributed by atoms with Crippen LogP contribution in [0.3, 0.4) is 0 Å². The fraction of sp³-hybridized carbons (Fsp3) is 0.812. The number of unbranched alkanes of at least 4 members (excludes halogenated alkanes) is 14. The molecule has 5 N–H and O–H groups in total. The van der Waals surface area contributed by atoms with Crippen molar-refractivity contribution < 1.29 is 38.2 Å². The van der Waals surface area contributed by atoms with Gasteiger partial charge in [-0.15, -0.1) is 0 Å². The van der Waals surface area contributed by atoms with Crippen LogP contribution in [0.2, 0.25) is 0 Å². The monoisotopic (exact) mass is 656 g/mol. The number of fused-ring (bicyclic) bond motifs is 1. The minimum Gasteiger partial charge on any atom is -0.387 e. The number of anilines is 1. The second-order valence-electron chi connectivity index (χ2n) is 12.4. The Morgan fingerprint density at radius 3 is 2.07 bits per heavy atom. The van der Waals surface area contributed by atoms with Gasteiger partial charge in [0, 0.05) is 13.2 Å². The summed E-state index contributed by atoms with van der Waals surface area (Å²) >= 11 is 0. The molecule has 0 radical (unpaired) electrons. The molecule has 1 saturated heterocycles. The molecule has 0 amide bonds. The number of phosphoric ester groups is 1. The molecule has 45 heavy (non-hydrogen) atoms. The predicted octanol–water partition coefficient (Wildman–Crippen LogP) is 6.06. The Morgan fingerprint density at radius 2 is 1.44 bits per heavy atom. The highest BCUT2D eigenvalue weighted by Crippen LogP contribution is 2.46. The molecule has 0 saturated carbocycles. The number of aromatic nitrogens is 3. The van der Waals surface area contributed by atoms with Crippen LogP contribution in [0.4, 0.5) is 5.82 Å². The van der Waals surface area contributed by atoms with Crippen molar-refractivity contribution in [1.82, 2.24) is 14.6 Å². The van der Waals surface area contributed by atoms with E-state index in [9.17, 15) is 19.7 Å². The van der Waals surface area contributed by atoms with Gasteiger partial charge in [0.2, 0.25) is 0 Å². The van der Waals surface area contributed by atoms with E-state index < -0.39 is 38.3 Å². The lowest BCUT2D eigenvalue weighted by Crippen LogP contribution is -2.39. The summed E-state index contributed by atoms with van der Waals surface area (Å²) in [5, 5.41) is 25.6. The third kappa shape index (κ3) is 12.2. The highest BCUT2D eigenvalue weighted by atomic mass is 31.2. The lowest BCUT2D eigenvalue weighted by atomic mass is 9.93. The zero-order chi connectivity index (χ0) is 32.5. The Hall–Kier alpha value is -1.63. The van der Waals surface area contributed by atoms with Crippen LogP contribution in [-0.4, -0.2) is 74.4 Å². The maximum absolute atomic E-state index is 12.4. The Balaban J connectivity index is 1.18. The lowest BCUT2D eigenvalue weighted by Gasteiger charge is -2.27. The van der Waals surface area contributed by atoms with Crippen LogP contribution in [0.1, 0.15) is 122 Å². The smallest absolute Gasteiger partial charge is 0.387 e. The molecule has 2 aromatic heterocycles. The van der Waals surface area contributed by atoms with Crippen molar-refractivity contribution in [3.8, 4) is 0 Å². The summed E-state index contributed by atoms with van der Waals surface area (Å²) in [6.07, 6.45) is 17.3. The molecule has 2 unspecified atom stereocenters. The van der Waals surface area contributed by atoms with Crippen molar-refractivity contribution in [2.75, 3.05) is 32.2 Å². The van der Waals surface area contributed by atoms with Gasteiger partial charge in [-0.05, 0) is 38.3 Å². The lowest BCUT2D eigenvalue weighted by molar-refractivity contribution is -0.0888. The average molecular weight is 657 g/mol. The summed E-state index contributed by atoms with van der Waals surface area (Å²) in [5.41, 5.74) is 5.48. The molecule has 1 aliphatic rings. The number of rotatable bonds is 25. The van der Waals surface area contributed by atoms with Crippen LogP contribution in [0.25, 0.3) is 5.52 Å². The summed E-state index contributed by atoms with van der Waals surface area (Å²) in [5.74, 6) is 0.253. The Kier molecular flexibility index (Phi) is 16.7. The summed E-state index contributed by atoms with van der Waals surface area (Å²) in [6, 6.07) is 3.35. The van der Waals surface area contributed by atoms with Gasteiger partial charge in [0.1, 0.15) is 35.8 Å². The van der Waals surface area contributed by atoms with E-state index >= 15 is 0 Å². The first-order valence-electron chi connectivity index (χ1n) is 17.0. The summed E-state index contributed by atoms with van der Waals surface area (Å²) in [7, 11) is -4.39. The van der Waals surface area contributed by atoms with Crippen LogP contribution in [0, 0.1) is 0 Å². The maximum Gasteiger partial charge on any atom is 0.472 e. The summed E-state index contributed by atoms with van der Waals surface area (Å²) < 4.78 is 35.7. The number of hydrogen-bond acceptors (Lipinski definition) is 10. The van der Waals surface area contributed by atoms with Gasteiger partial charge in [0.25, 0.3) is 0 Å². The van der Waals surface area contributed by atoms with Gasteiger partial charge in [0.05, 0.1) is 18.9 Å². The molecular weight excluding hydrogens is 599 g/mol. The van der Waals surface area contributed by atoms with E-state index in [0.717, 1.165) is 13.0 Å². The van der Waals surface area contributed by atoms with Crippen molar-refractivity contribution in [2.24, 2.45) is 0 Å². The standard InChI is InChI=1S/C32H57N4O8P/c1-3-4-5-6-7-8-9-10-11-12-13-14-15-16-21-41-22-17-18-23-42-45(39,40)43-24-27-29(37)30(38)32(2,44-27)28-20-19-26-31(33)34-25-35-36(26)28/h19-20,25,27,29-30,37-38H,3-18,21-24H2,1-2H3,(H,39,40)(H2,33,34,35)/t27?,29-,30-,32+/m1/s1. The van der Waals surface area contributed by atoms with Gasteiger partial charge in [-0.25, -0.2) is 14.1 Å². The van der Waals surface area contributed by atoms with Crippen molar-refractivity contribution in [3.05, 3.63) is 24.2 Å². The summed E-state index contributed by atoms with van der Waals surface area (Å²) in [6.45, 7) is 4.74. The predicted molar refractivity (Wildman–Crippen MR) is 174 cm³/mol. The number of nitrogens with zero attached hydrogens (tertiary/aromatic N) is 3. The first-order chi connectivity index (χ1) is 21.7. The number of aliphatic hydroxyl groups is 2. The highest BCUT2D eigenvalue weighted by Gasteiger charge is 2.54. The van der Waals surface area contributed by atoms with Gasteiger partial charge in [0.15, 0.2) is 5.82 Å². The quantitative estimate of drug-likeness (QED) is 0.0723. The second-order valence-corrected chi connectivity index (χ2v) is 13.8. The Morgan fingerprint density at radius 1 is 0.889 bits per heavy atom. The molecule has 0 aliphatic carbocycles. The first-order valence-corrected chi connectivity index (χ1v) is 18.5. The third-order valence-electron chi connectivity index (χ3n) is 8.64. The van der Waals surface area contributed by atoms with Crippen molar-refractivity contribution in [3.63, 3.8) is 0 Å². The van der Waals surface area contributed by atoms with Crippen LogP contribution in [0.5, 0.6) is 0 Å². The molecule has 12 nitrogen and oxygen atoms in total. The Bertz CT molecular complexity index is 1150. The van der Waals surface area contributed by atoms with Crippen LogP contribution in [0.15, 0.2) is 18.5 Å². The van der Waals surface area contributed by atoms with Gasteiger partial charge >= 0.3 is 7.82 Å². The molecule has 0 spiro atoms. The molecule has 5 atom stereocenters. The molecule has 1 fully saturated rings. The molecule has 3 heterocycles. The van der Waals surface area contributed by atoms with Gasteiger partial charge in [-0.1, -0.05) is 90.4 Å². The van der Waals surface area contributed by atoms with Crippen LogP contribution >= 0.6 is 7.82 Å². The van der Waals surface area contributed by atoms with Gasteiger partial charge in [-0.3, -0.25) is 9.05 Å². The minimum atomic E-state index is -4.39. The molecule has 258 valence electrons. The van der Waals surface area contributed by atoms with E-state index in [0.29, 0.717) is 30.7 Å². The maximum atomic E-state index is 12.4. The van der Waals surface area contributed by atoms with Crippen molar-refractivity contribution in [1.29, 1.82) is 0 Å². The minimum absolute atomic E-state index is 0.0294. The highest BCUT2D eigenvalue weighted by molar-refractivity contribution is 7.47. The fourth-order valence-electron chi connectivity index (χ4n) is 5.85. The molecule has 13 heteroatoms. The van der Waals surface area contributed by atoms with E-state index in [4.69, 9.17) is 24.3 Å². The van der Waals surface area contributed by atoms with E-state index in [2.05, 4.69) is 17.0 Å². The zero-order valence-corrected chi connectivity index (χ0v) is 28.2. The molecular formula is C32H57N4O8P. The molecule has 3 rings (SSSR count). The number of nitrogens with two attached hydrogens (primary N) is 1. The van der Waals surface area contributed by atoms with E-state index in [1.165, 1.54) is 94.3 Å². The third-order valence-corrected chi connectivity index (χ3v) is 9.62. The molecule has 2 aromatic rings. The van der Waals surface area contributed by atoms with E-state index in [-0.39, 0.29) is 12.4 Å². The van der Waals surface area contributed by atoms with Gasteiger partial charge < -0.3 is 30.3 Å². The largest absolute Gasteiger partial charge is 0.472 e. The second kappa shape index (κ2) is 19.9. The number of aliphatic hydroxyl groups excluding tert-OH is 2. The molecule has 1 aliphatic heterocycles.